The van der Waals surface area contributed by atoms with E-state index in [1.807, 2.05) is 66.5 Å². The van der Waals surface area contributed by atoms with Gasteiger partial charge in [-0.15, -0.1) is 0 Å². The molecule has 1 aliphatic heterocycles. The second-order valence-corrected chi connectivity index (χ2v) is 6.23. The summed E-state index contributed by atoms with van der Waals surface area (Å²) in [6.07, 6.45) is 0.597. The van der Waals surface area contributed by atoms with Crippen molar-refractivity contribution < 1.29 is 9.15 Å². The predicted octanol–water partition coefficient (Wildman–Crippen LogP) is 4.66. The lowest BCUT2D eigenvalue weighted by Gasteiger charge is -2.24. The molecule has 1 aromatic heterocycles. The van der Waals surface area contributed by atoms with E-state index in [2.05, 4.69) is 0 Å². The second-order valence-electron chi connectivity index (χ2n) is 5.85. The van der Waals surface area contributed by atoms with Crippen LogP contribution in [-0.4, -0.2) is 13.7 Å². The number of rotatable bonds is 2. The Hall–Kier alpha value is -2.72. The predicted molar refractivity (Wildman–Crippen MR) is 99.1 cm³/mol. The molecule has 3 aromatic rings. The van der Waals surface area contributed by atoms with Gasteiger partial charge in [-0.3, -0.25) is 0 Å². The van der Waals surface area contributed by atoms with E-state index in [0.29, 0.717) is 30.2 Å². The SMILES string of the molecule is CN(c1ccccc1)c1c2c(oc(=O)c1Cl)-c1ccccc1OCC2. The Balaban J connectivity index is 1.98. The van der Waals surface area contributed by atoms with Crippen LogP contribution in [0.25, 0.3) is 11.3 Å². The fourth-order valence-corrected chi connectivity index (χ4v) is 3.44. The van der Waals surface area contributed by atoms with Gasteiger partial charge in [-0.05, 0) is 24.3 Å². The first kappa shape index (κ1) is 15.8. The summed E-state index contributed by atoms with van der Waals surface area (Å²) in [4.78, 5) is 14.3. The molecule has 0 radical (unpaired) electrons. The van der Waals surface area contributed by atoms with E-state index < -0.39 is 5.63 Å². The van der Waals surface area contributed by atoms with Crippen molar-refractivity contribution in [2.75, 3.05) is 18.6 Å². The number of halogens is 1. The fraction of sp³-hybridized carbons (Fsp3) is 0.150. The molecule has 0 atom stereocenters. The van der Waals surface area contributed by atoms with Crippen molar-refractivity contribution in [3.05, 3.63) is 75.6 Å². The molecule has 4 rings (SSSR count). The summed E-state index contributed by atoms with van der Waals surface area (Å²) in [6, 6.07) is 17.3. The first-order valence-corrected chi connectivity index (χ1v) is 8.41. The summed E-state index contributed by atoms with van der Waals surface area (Å²) in [7, 11) is 1.90. The molecule has 0 aliphatic carbocycles. The Morgan fingerprint density at radius 2 is 1.76 bits per heavy atom. The van der Waals surface area contributed by atoms with Gasteiger partial charge < -0.3 is 14.1 Å². The number of nitrogens with zero attached hydrogens (tertiary/aromatic N) is 1. The van der Waals surface area contributed by atoms with Gasteiger partial charge in [-0.1, -0.05) is 41.9 Å². The van der Waals surface area contributed by atoms with Gasteiger partial charge in [0.2, 0.25) is 0 Å². The highest BCUT2D eigenvalue weighted by molar-refractivity contribution is 6.33. The molecule has 2 aromatic carbocycles. The molecule has 0 bridgehead atoms. The minimum Gasteiger partial charge on any atom is -0.492 e. The maximum atomic E-state index is 12.4. The lowest BCUT2D eigenvalue weighted by atomic mass is 10.0. The van der Waals surface area contributed by atoms with Crippen LogP contribution >= 0.6 is 11.6 Å². The van der Waals surface area contributed by atoms with Crippen molar-refractivity contribution in [2.45, 2.75) is 6.42 Å². The molecule has 1 aliphatic rings. The quantitative estimate of drug-likeness (QED) is 0.671. The summed E-state index contributed by atoms with van der Waals surface area (Å²) in [5, 5.41) is 0.0875. The summed E-state index contributed by atoms with van der Waals surface area (Å²) in [5.74, 6) is 1.24. The third-order valence-electron chi connectivity index (χ3n) is 4.36. The first-order chi connectivity index (χ1) is 12.2. The van der Waals surface area contributed by atoms with Crippen LogP contribution in [0.1, 0.15) is 5.56 Å². The summed E-state index contributed by atoms with van der Waals surface area (Å²) < 4.78 is 11.4. The van der Waals surface area contributed by atoms with Gasteiger partial charge in [0, 0.05) is 24.7 Å². The number of anilines is 2. The monoisotopic (exact) mass is 353 g/mol. The maximum absolute atomic E-state index is 12.4. The highest BCUT2D eigenvalue weighted by Gasteiger charge is 2.26. The number of ether oxygens (including phenoxy) is 1. The second kappa shape index (κ2) is 6.30. The third-order valence-corrected chi connectivity index (χ3v) is 4.70. The van der Waals surface area contributed by atoms with E-state index >= 15 is 0 Å². The van der Waals surface area contributed by atoms with Gasteiger partial charge in [0.05, 0.1) is 17.9 Å². The Morgan fingerprint density at radius 3 is 2.56 bits per heavy atom. The zero-order chi connectivity index (χ0) is 17.4. The molecule has 0 fully saturated rings. The zero-order valence-electron chi connectivity index (χ0n) is 13.7. The van der Waals surface area contributed by atoms with Crippen molar-refractivity contribution in [3.63, 3.8) is 0 Å². The number of fused-ring (bicyclic) bond motifs is 3. The van der Waals surface area contributed by atoms with Gasteiger partial charge in [0.15, 0.2) is 0 Å². The van der Waals surface area contributed by atoms with Crippen LogP contribution in [0.4, 0.5) is 11.4 Å². The molecule has 4 nitrogen and oxygen atoms in total. The summed E-state index contributed by atoms with van der Waals surface area (Å²) in [5.41, 5.74) is 2.71. The van der Waals surface area contributed by atoms with E-state index in [9.17, 15) is 4.79 Å². The van der Waals surface area contributed by atoms with Crippen molar-refractivity contribution in [1.82, 2.24) is 0 Å². The lowest BCUT2D eigenvalue weighted by Crippen LogP contribution is -2.18. The number of hydrogen-bond donors (Lipinski definition) is 0. The Bertz CT molecular complexity index is 982. The topological polar surface area (TPSA) is 42.7 Å². The van der Waals surface area contributed by atoms with E-state index in [-0.39, 0.29) is 5.02 Å². The third kappa shape index (κ3) is 2.68. The van der Waals surface area contributed by atoms with E-state index in [4.69, 9.17) is 20.8 Å². The van der Waals surface area contributed by atoms with Crippen LogP contribution in [0.3, 0.4) is 0 Å². The molecular weight excluding hydrogens is 338 g/mol. The lowest BCUT2D eigenvalue weighted by molar-refractivity contribution is 0.326. The van der Waals surface area contributed by atoms with Crippen LogP contribution in [0.2, 0.25) is 5.02 Å². The number of para-hydroxylation sites is 2. The average Bonchev–Trinajstić information content (AvgIpc) is 2.82. The van der Waals surface area contributed by atoms with Gasteiger partial charge >= 0.3 is 5.63 Å². The molecule has 5 heteroatoms. The molecule has 0 unspecified atom stereocenters. The van der Waals surface area contributed by atoms with Crippen LogP contribution in [0, 0.1) is 0 Å². The molecule has 0 spiro atoms. The maximum Gasteiger partial charge on any atom is 0.357 e. The molecule has 0 saturated carbocycles. The summed E-state index contributed by atoms with van der Waals surface area (Å²) >= 11 is 6.37. The van der Waals surface area contributed by atoms with Gasteiger partial charge in [-0.2, -0.15) is 0 Å². The average molecular weight is 354 g/mol. The van der Waals surface area contributed by atoms with Crippen molar-refractivity contribution >= 4 is 23.0 Å². The fourth-order valence-electron chi connectivity index (χ4n) is 3.16. The normalized spacial score (nSPS) is 12.6. The van der Waals surface area contributed by atoms with Crippen molar-refractivity contribution in [1.29, 1.82) is 0 Å². The van der Waals surface area contributed by atoms with E-state index in [1.165, 1.54) is 0 Å². The highest BCUT2D eigenvalue weighted by atomic mass is 35.5. The minimum absolute atomic E-state index is 0.0875. The Morgan fingerprint density at radius 1 is 1.04 bits per heavy atom. The summed E-state index contributed by atoms with van der Waals surface area (Å²) in [6.45, 7) is 0.490. The van der Waals surface area contributed by atoms with Gasteiger partial charge in [0.25, 0.3) is 0 Å². The van der Waals surface area contributed by atoms with Gasteiger partial charge in [-0.25, -0.2) is 4.79 Å². The number of hydrogen-bond acceptors (Lipinski definition) is 4. The largest absolute Gasteiger partial charge is 0.492 e. The molecule has 0 saturated heterocycles. The van der Waals surface area contributed by atoms with Crippen molar-refractivity contribution in [3.8, 4) is 17.1 Å². The molecule has 0 amide bonds. The molecule has 25 heavy (non-hydrogen) atoms. The zero-order valence-corrected chi connectivity index (χ0v) is 14.4. The van der Waals surface area contributed by atoms with E-state index in [1.54, 1.807) is 0 Å². The number of benzene rings is 2. The van der Waals surface area contributed by atoms with E-state index in [0.717, 1.165) is 16.8 Å². The molecule has 0 N–H and O–H groups in total. The van der Waals surface area contributed by atoms with Crippen molar-refractivity contribution in [2.24, 2.45) is 0 Å². The standard InChI is InChI=1S/C20H16ClNO3/c1-22(13-7-3-2-4-8-13)18-15-11-12-24-16-10-6-5-9-14(16)19(15)25-20(23)17(18)21/h2-10H,11-12H2,1H3. The molecule has 126 valence electrons. The van der Waals surface area contributed by atoms with Crippen LogP contribution < -0.4 is 15.3 Å². The smallest absolute Gasteiger partial charge is 0.357 e. The highest BCUT2D eigenvalue weighted by Crippen LogP contribution is 2.42. The Kier molecular flexibility index (Phi) is 3.98. The minimum atomic E-state index is -0.546. The molecular formula is C20H16ClNO3. The van der Waals surface area contributed by atoms with Crippen LogP contribution in [0.5, 0.6) is 5.75 Å². The van der Waals surface area contributed by atoms with Gasteiger partial charge in [0.1, 0.15) is 16.5 Å². The van der Waals surface area contributed by atoms with Crippen LogP contribution in [-0.2, 0) is 6.42 Å². The first-order valence-electron chi connectivity index (χ1n) is 8.03. The Labute approximate surface area is 150 Å². The molecule has 2 heterocycles. The van der Waals surface area contributed by atoms with Crippen LogP contribution in [0.15, 0.2) is 63.8 Å².